The van der Waals surface area contributed by atoms with Crippen LogP contribution in [-0.2, 0) is 20.2 Å². The van der Waals surface area contributed by atoms with Gasteiger partial charge in [-0.05, 0) is 0 Å². The first-order valence-electron chi connectivity index (χ1n) is 4.27. The zero-order valence-electron chi connectivity index (χ0n) is 9.78. The zero-order valence-corrected chi connectivity index (χ0v) is 11.4. The van der Waals surface area contributed by atoms with Crippen molar-refractivity contribution in [3.63, 3.8) is 0 Å². The number of alkyl halides is 10. The highest BCUT2D eigenvalue weighted by Gasteiger charge is 2.72. The van der Waals surface area contributed by atoms with Gasteiger partial charge in [0, 0.05) is 0 Å². The standard InChI is InChI=1S/C3H2F6O3S.C2H2F4O3S/c4-1(5)2(6,3(7,8)9)13(10,11)12;3-1(4)2(5,6)10(7,8)9/h1H,(H,10,11,12);1H,(H,7,8,9). The van der Waals surface area contributed by atoms with E-state index in [2.05, 4.69) is 0 Å². The van der Waals surface area contributed by atoms with Crippen molar-refractivity contribution in [2.45, 2.75) is 29.3 Å². The second-order valence-corrected chi connectivity index (χ2v) is 6.29. The molecule has 6 nitrogen and oxygen atoms in total. The second-order valence-electron chi connectivity index (χ2n) is 3.26. The lowest BCUT2D eigenvalue weighted by molar-refractivity contribution is -0.233. The molecule has 0 radical (unpaired) electrons. The number of rotatable bonds is 4. The topological polar surface area (TPSA) is 109 Å². The minimum absolute atomic E-state index is 4.41. The molecule has 0 fully saturated rings. The lowest BCUT2D eigenvalue weighted by Crippen LogP contribution is -2.53. The molecule has 0 bridgehead atoms. The SMILES string of the molecule is O=S(=O)(O)C(F)(C(F)F)C(F)(F)F.O=S(=O)(O)C(F)(F)C(F)F. The average molecular weight is 414 g/mol. The van der Waals surface area contributed by atoms with E-state index in [-0.39, 0.29) is 0 Å². The fourth-order valence-corrected chi connectivity index (χ4v) is 1.24. The molecule has 2 N–H and O–H groups in total. The number of halogens is 10. The van der Waals surface area contributed by atoms with Gasteiger partial charge in [0.25, 0.3) is 6.43 Å². The molecule has 0 saturated heterocycles. The van der Waals surface area contributed by atoms with Crippen LogP contribution in [0, 0.1) is 0 Å². The normalized spacial score (nSPS) is 16.8. The zero-order chi connectivity index (χ0) is 19.7. The Bertz CT molecular complexity index is 594. The molecule has 23 heavy (non-hydrogen) atoms. The van der Waals surface area contributed by atoms with Crippen molar-refractivity contribution in [3.05, 3.63) is 0 Å². The van der Waals surface area contributed by atoms with Crippen molar-refractivity contribution in [3.8, 4) is 0 Å². The first kappa shape index (κ1) is 24.4. The summed E-state index contributed by atoms with van der Waals surface area (Å²) in [5.74, 6) is 0. The Morgan fingerprint density at radius 3 is 0.957 bits per heavy atom. The third-order valence-electron chi connectivity index (χ3n) is 1.64. The molecule has 0 heterocycles. The van der Waals surface area contributed by atoms with Crippen LogP contribution in [-0.4, -0.2) is 55.2 Å². The van der Waals surface area contributed by atoms with Gasteiger partial charge >= 0.3 is 43.1 Å². The molecule has 1 atom stereocenters. The minimum atomic E-state index is -6.56. The van der Waals surface area contributed by atoms with Crippen LogP contribution in [0.3, 0.4) is 0 Å². The number of hydrogen-bond donors (Lipinski definition) is 2. The van der Waals surface area contributed by atoms with Crippen LogP contribution in [0.25, 0.3) is 0 Å². The van der Waals surface area contributed by atoms with Gasteiger partial charge < -0.3 is 0 Å². The molecule has 142 valence electrons. The van der Waals surface area contributed by atoms with Gasteiger partial charge in [-0.15, -0.1) is 0 Å². The predicted octanol–water partition coefficient (Wildman–Crippen LogP) is 2.10. The Kier molecular flexibility index (Phi) is 7.35. The van der Waals surface area contributed by atoms with E-state index in [1.807, 2.05) is 0 Å². The van der Waals surface area contributed by atoms with Crippen LogP contribution in [0.5, 0.6) is 0 Å². The van der Waals surface area contributed by atoms with Gasteiger partial charge in [-0.25, -0.2) is 22.0 Å². The van der Waals surface area contributed by atoms with E-state index in [0.717, 1.165) is 0 Å². The monoisotopic (exact) mass is 414 g/mol. The maximum Gasteiger partial charge on any atom is 0.445 e. The molecule has 18 heteroatoms. The first-order valence-corrected chi connectivity index (χ1v) is 7.15. The molecule has 0 aliphatic heterocycles. The van der Waals surface area contributed by atoms with Crippen molar-refractivity contribution in [1.29, 1.82) is 0 Å². The predicted molar refractivity (Wildman–Crippen MR) is 49.9 cm³/mol. The van der Waals surface area contributed by atoms with E-state index in [1.54, 1.807) is 0 Å². The first-order chi connectivity index (χ1) is 9.64. The Morgan fingerprint density at radius 1 is 0.652 bits per heavy atom. The van der Waals surface area contributed by atoms with Gasteiger partial charge in [-0.2, -0.15) is 38.8 Å². The molecule has 0 aromatic rings. The summed E-state index contributed by atoms with van der Waals surface area (Å²) < 4.78 is 168. The van der Waals surface area contributed by atoms with E-state index in [9.17, 15) is 60.7 Å². The van der Waals surface area contributed by atoms with Crippen LogP contribution in [0.4, 0.5) is 43.9 Å². The Hall–Kier alpha value is -0.880. The summed E-state index contributed by atoms with van der Waals surface area (Å²) in [5, 5.41) is -11.3. The molecule has 0 aromatic carbocycles. The Balaban J connectivity index is 0. The fourth-order valence-electron chi connectivity index (χ4n) is 0.495. The highest BCUT2D eigenvalue weighted by molar-refractivity contribution is 7.87. The van der Waals surface area contributed by atoms with E-state index < -0.39 is 49.5 Å². The molecule has 0 aliphatic rings. The van der Waals surface area contributed by atoms with E-state index in [1.165, 1.54) is 0 Å². The summed E-state index contributed by atoms with van der Waals surface area (Å²) in [6.07, 6.45) is -15.7. The molecular weight excluding hydrogens is 410 g/mol. The molecule has 0 aromatic heterocycles. The Morgan fingerprint density at radius 2 is 0.957 bits per heavy atom. The lowest BCUT2D eigenvalue weighted by Gasteiger charge is -2.23. The fraction of sp³-hybridized carbons (Fsp3) is 1.00. The highest BCUT2D eigenvalue weighted by atomic mass is 32.2. The van der Waals surface area contributed by atoms with Gasteiger partial charge in [0.2, 0.25) is 0 Å². The van der Waals surface area contributed by atoms with E-state index >= 15 is 0 Å². The molecule has 0 aliphatic carbocycles. The van der Waals surface area contributed by atoms with Crippen LogP contribution in [0.2, 0.25) is 0 Å². The van der Waals surface area contributed by atoms with Gasteiger partial charge in [0.1, 0.15) is 0 Å². The second kappa shape index (κ2) is 6.93. The van der Waals surface area contributed by atoms with Crippen LogP contribution in [0.1, 0.15) is 0 Å². The summed E-state index contributed by atoms with van der Waals surface area (Å²) in [6.45, 7) is 0. The van der Waals surface area contributed by atoms with Crippen molar-refractivity contribution in [1.82, 2.24) is 0 Å². The summed E-state index contributed by atoms with van der Waals surface area (Å²) in [5.41, 5.74) is 0. The van der Waals surface area contributed by atoms with E-state index in [0.29, 0.717) is 0 Å². The van der Waals surface area contributed by atoms with Crippen molar-refractivity contribution >= 4 is 20.2 Å². The van der Waals surface area contributed by atoms with Crippen LogP contribution < -0.4 is 0 Å². The smallest absolute Gasteiger partial charge is 0.283 e. The molecular formula is C5H4F10O6S2. The summed E-state index contributed by atoms with van der Waals surface area (Å²) in [6, 6.07) is 0. The minimum Gasteiger partial charge on any atom is -0.283 e. The van der Waals surface area contributed by atoms with Crippen molar-refractivity contribution in [2.75, 3.05) is 0 Å². The van der Waals surface area contributed by atoms with Crippen molar-refractivity contribution in [2.24, 2.45) is 0 Å². The maximum absolute atomic E-state index is 12.2. The summed E-state index contributed by atoms with van der Waals surface area (Å²) >= 11 is 0. The van der Waals surface area contributed by atoms with Crippen molar-refractivity contribution < 1.29 is 69.8 Å². The highest BCUT2D eigenvalue weighted by Crippen LogP contribution is 2.42. The third kappa shape index (κ3) is 5.31. The van der Waals surface area contributed by atoms with E-state index in [4.69, 9.17) is 9.11 Å². The quantitative estimate of drug-likeness (QED) is 0.539. The molecule has 1 unspecified atom stereocenters. The largest absolute Gasteiger partial charge is 0.445 e. The van der Waals surface area contributed by atoms with Gasteiger partial charge in [0.15, 0.2) is 0 Å². The Labute approximate surface area is 120 Å². The summed E-state index contributed by atoms with van der Waals surface area (Å²) in [7, 11) is -12.5. The van der Waals surface area contributed by atoms with Crippen LogP contribution >= 0.6 is 0 Å². The molecule has 0 saturated carbocycles. The molecule has 0 amide bonds. The number of hydrogen-bond acceptors (Lipinski definition) is 4. The average Bonchev–Trinajstić information content (AvgIpc) is 2.23. The van der Waals surface area contributed by atoms with Gasteiger partial charge in [-0.3, -0.25) is 9.11 Å². The van der Waals surface area contributed by atoms with Gasteiger partial charge in [0.05, 0.1) is 0 Å². The molecule has 0 spiro atoms. The maximum atomic E-state index is 12.2. The van der Waals surface area contributed by atoms with Crippen LogP contribution in [0.15, 0.2) is 0 Å². The lowest BCUT2D eigenvalue weighted by atomic mass is 10.4. The summed E-state index contributed by atoms with van der Waals surface area (Å²) in [4.78, 5) is 0. The third-order valence-corrected chi connectivity index (χ3v) is 3.67. The molecule has 0 rings (SSSR count). The van der Waals surface area contributed by atoms with Gasteiger partial charge in [-0.1, -0.05) is 0 Å².